The molecule has 0 aliphatic carbocycles. The summed E-state index contributed by atoms with van der Waals surface area (Å²) in [7, 11) is 0. The van der Waals surface area contributed by atoms with Crippen molar-refractivity contribution < 1.29 is 4.39 Å². The van der Waals surface area contributed by atoms with Gasteiger partial charge in [-0.1, -0.05) is 6.92 Å². The number of nitrogens with zero attached hydrogens (tertiary/aromatic N) is 1. The summed E-state index contributed by atoms with van der Waals surface area (Å²) >= 11 is 3.25. The number of benzene rings is 1. The van der Waals surface area contributed by atoms with Gasteiger partial charge in [-0.15, -0.1) is 0 Å². The van der Waals surface area contributed by atoms with E-state index in [0.29, 0.717) is 16.6 Å². The highest BCUT2D eigenvalue weighted by Crippen LogP contribution is 2.26. The molecule has 0 bridgehead atoms. The van der Waals surface area contributed by atoms with Crippen molar-refractivity contribution in [1.82, 2.24) is 5.32 Å². The number of piperazine rings is 1. The number of rotatable bonds is 2. The molecule has 1 N–H and O–H groups in total. The van der Waals surface area contributed by atoms with Gasteiger partial charge in [0.25, 0.3) is 0 Å². The summed E-state index contributed by atoms with van der Waals surface area (Å²) < 4.78 is 13.8. The smallest absolute Gasteiger partial charge is 0.137 e. The van der Waals surface area contributed by atoms with E-state index < -0.39 is 0 Å². The van der Waals surface area contributed by atoms with Crippen LogP contribution in [0.2, 0.25) is 0 Å². The summed E-state index contributed by atoms with van der Waals surface area (Å²) in [6.45, 7) is 6.33. The van der Waals surface area contributed by atoms with E-state index in [1.807, 2.05) is 12.1 Å². The zero-order chi connectivity index (χ0) is 12.4. The molecular weight excluding hydrogens is 283 g/mol. The van der Waals surface area contributed by atoms with Crippen molar-refractivity contribution in [2.75, 3.05) is 18.0 Å². The van der Waals surface area contributed by atoms with Crippen molar-refractivity contribution in [3.05, 3.63) is 28.5 Å². The Kier molecular flexibility index (Phi) is 4.05. The van der Waals surface area contributed by atoms with Crippen molar-refractivity contribution in [2.45, 2.75) is 32.4 Å². The lowest BCUT2D eigenvalue weighted by atomic mass is 10.1. The molecule has 0 saturated carbocycles. The lowest BCUT2D eigenvalue weighted by Gasteiger charge is -2.40. The van der Waals surface area contributed by atoms with E-state index in [4.69, 9.17) is 0 Å². The third-order valence-corrected chi connectivity index (χ3v) is 3.93. The normalized spacial score (nSPS) is 25.1. The Morgan fingerprint density at radius 2 is 2.29 bits per heavy atom. The minimum Gasteiger partial charge on any atom is -0.366 e. The van der Waals surface area contributed by atoms with E-state index in [9.17, 15) is 4.39 Å². The maximum Gasteiger partial charge on any atom is 0.137 e. The molecule has 0 radical (unpaired) electrons. The number of hydrogen-bond donors (Lipinski definition) is 1. The second-order valence-corrected chi connectivity index (χ2v) is 5.48. The van der Waals surface area contributed by atoms with Gasteiger partial charge in [0.05, 0.1) is 4.47 Å². The zero-order valence-corrected chi connectivity index (χ0v) is 11.8. The SMILES string of the molecule is CCC1CNC(C)CN1c1ccc(F)c(Br)c1. The molecule has 1 aliphatic heterocycles. The largest absolute Gasteiger partial charge is 0.366 e. The molecule has 0 amide bonds. The highest BCUT2D eigenvalue weighted by molar-refractivity contribution is 9.10. The van der Waals surface area contributed by atoms with Gasteiger partial charge in [0.15, 0.2) is 0 Å². The van der Waals surface area contributed by atoms with Gasteiger partial charge in [0.2, 0.25) is 0 Å². The Balaban J connectivity index is 2.25. The molecule has 1 aliphatic rings. The monoisotopic (exact) mass is 300 g/mol. The Hall–Kier alpha value is -0.610. The van der Waals surface area contributed by atoms with Crippen molar-refractivity contribution in [3.8, 4) is 0 Å². The van der Waals surface area contributed by atoms with Gasteiger partial charge >= 0.3 is 0 Å². The lowest BCUT2D eigenvalue weighted by Crippen LogP contribution is -2.55. The number of anilines is 1. The van der Waals surface area contributed by atoms with Crippen molar-refractivity contribution in [3.63, 3.8) is 0 Å². The molecule has 0 spiro atoms. The van der Waals surface area contributed by atoms with Crippen LogP contribution in [0.25, 0.3) is 0 Å². The molecule has 0 aromatic heterocycles. The van der Waals surface area contributed by atoms with E-state index in [1.165, 1.54) is 6.07 Å². The first kappa shape index (κ1) is 12.8. The Bertz CT molecular complexity index is 397. The predicted molar refractivity (Wildman–Crippen MR) is 73.0 cm³/mol. The molecule has 1 aromatic carbocycles. The summed E-state index contributed by atoms with van der Waals surface area (Å²) in [4.78, 5) is 2.37. The van der Waals surface area contributed by atoms with E-state index in [1.54, 1.807) is 0 Å². The minimum atomic E-state index is -0.204. The van der Waals surface area contributed by atoms with E-state index in [2.05, 4.69) is 40.0 Å². The first-order valence-corrected chi connectivity index (χ1v) is 6.86. The van der Waals surface area contributed by atoms with Gasteiger partial charge in [-0.25, -0.2) is 4.39 Å². The highest BCUT2D eigenvalue weighted by atomic mass is 79.9. The predicted octanol–water partition coefficient (Wildman–Crippen LogP) is 3.16. The average Bonchev–Trinajstić information content (AvgIpc) is 2.32. The molecule has 2 rings (SSSR count). The fourth-order valence-electron chi connectivity index (χ4n) is 2.30. The molecule has 2 unspecified atom stereocenters. The van der Waals surface area contributed by atoms with Crippen LogP contribution >= 0.6 is 15.9 Å². The highest BCUT2D eigenvalue weighted by Gasteiger charge is 2.24. The van der Waals surface area contributed by atoms with Crippen LogP contribution in [0.3, 0.4) is 0 Å². The maximum absolute atomic E-state index is 13.2. The topological polar surface area (TPSA) is 15.3 Å². The fraction of sp³-hybridized carbons (Fsp3) is 0.538. The van der Waals surface area contributed by atoms with Crippen LogP contribution in [0.15, 0.2) is 22.7 Å². The number of nitrogens with one attached hydrogen (secondary N) is 1. The van der Waals surface area contributed by atoms with Gasteiger partial charge < -0.3 is 10.2 Å². The summed E-state index contributed by atoms with van der Waals surface area (Å²) in [6, 6.07) is 6.22. The third-order valence-electron chi connectivity index (χ3n) is 3.32. The second-order valence-electron chi connectivity index (χ2n) is 4.62. The fourth-order valence-corrected chi connectivity index (χ4v) is 2.67. The molecule has 2 nitrogen and oxygen atoms in total. The quantitative estimate of drug-likeness (QED) is 0.902. The van der Waals surface area contributed by atoms with Gasteiger partial charge in [-0.3, -0.25) is 0 Å². The van der Waals surface area contributed by atoms with Crippen LogP contribution in [0, 0.1) is 5.82 Å². The molecule has 17 heavy (non-hydrogen) atoms. The standard InChI is InChI=1S/C13H18BrFN2/c1-3-10-7-16-9(2)8-17(10)11-4-5-13(15)12(14)6-11/h4-6,9-10,16H,3,7-8H2,1-2H3. The van der Waals surface area contributed by atoms with Gasteiger partial charge in [0, 0.05) is 30.9 Å². The average molecular weight is 301 g/mol. The molecule has 1 fully saturated rings. The maximum atomic E-state index is 13.2. The zero-order valence-electron chi connectivity index (χ0n) is 10.2. The van der Waals surface area contributed by atoms with Crippen molar-refractivity contribution >= 4 is 21.6 Å². The van der Waals surface area contributed by atoms with Crippen LogP contribution in [0.5, 0.6) is 0 Å². The van der Waals surface area contributed by atoms with Crippen LogP contribution in [0.1, 0.15) is 20.3 Å². The van der Waals surface area contributed by atoms with Crippen LogP contribution < -0.4 is 10.2 Å². The molecule has 2 atom stereocenters. The van der Waals surface area contributed by atoms with E-state index in [0.717, 1.165) is 25.2 Å². The Morgan fingerprint density at radius 3 is 2.94 bits per heavy atom. The summed E-state index contributed by atoms with van der Waals surface area (Å²) in [5, 5.41) is 3.48. The van der Waals surface area contributed by atoms with E-state index in [-0.39, 0.29) is 5.82 Å². The van der Waals surface area contributed by atoms with Crippen LogP contribution in [-0.2, 0) is 0 Å². The first-order valence-electron chi connectivity index (χ1n) is 6.07. The van der Waals surface area contributed by atoms with Crippen molar-refractivity contribution in [1.29, 1.82) is 0 Å². The lowest BCUT2D eigenvalue weighted by molar-refractivity contribution is 0.402. The van der Waals surface area contributed by atoms with Crippen molar-refractivity contribution in [2.24, 2.45) is 0 Å². The van der Waals surface area contributed by atoms with Crippen LogP contribution in [-0.4, -0.2) is 25.2 Å². The number of hydrogen-bond acceptors (Lipinski definition) is 2. The van der Waals surface area contributed by atoms with Gasteiger partial charge in [0.1, 0.15) is 5.82 Å². The summed E-state index contributed by atoms with van der Waals surface area (Å²) in [6.07, 6.45) is 1.09. The molecule has 94 valence electrons. The third kappa shape index (κ3) is 2.80. The Morgan fingerprint density at radius 1 is 1.53 bits per heavy atom. The summed E-state index contributed by atoms with van der Waals surface area (Å²) in [5.74, 6) is -0.204. The molecule has 1 heterocycles. The Labute approximate surface area is 110 Å². The second kappa shape index (κ2) is 5.36. The number of halogens is 2. The van der Waals surface area contributed by atoms with Gasteiger partial charge in [-0.2, -0.15) is 0 Å². The minimum absolute atomic E-state index is 0.204. The molecular formula is C13H18BrFN2. The van der Waals surface area contributed by atoms with Gasteiger partial charge in [-0.05, 0) is 47.5 Å². The molecule has 4 heteroatoms. The molecule has 1 aromatic rings. The first-order chi connectivity index (χ1) is 8.11. The molecule has 1 saturated heterocycles. The van der Waals surface area contributed by atoms with E-state index >= 15 is 0 Å². The summed E-state index contributed by atoms with van der Waals surface area (Å²) in [5.41, 5.74) is 1.10. The van der Waals surface area contributed by atoms with Crippen LogP contribution in [0.4, 0.5) is 10.1 Å².